The van der Waals surface area contributed by atoms with Crippen molar-refractivity contribution in [3.63, 3.8) is 0 Å². The van der Waals surface area contributed by atoms with Gasteiger partial charge in [-0.25, -0.2) is 15.7 Å². The van der Waals surface area contributed by atoms with E-state index in [0.717, 1.165) is 33.7 Å². The Bertz CT molecular complexity index is 4150. The zero-order valence-electron chi connectivity index (χ0n) is 83.1. The van der Waals surface area contributed by atoms with Crippen LogP contribution in [0, 0.1) is 29.6 Å². The summed E-state index contributed by atoms with van der Waals surface area (Å²) in [7, 11) is 6.41. The van der Waals surface area contributed by atoms with Crippen molar-refractivity contribution in [1.82, 2.24) is 51.2 Å². The third-order valence-corrected chi connectivity index (χ3v) is 26.4. The number of methoxy groups -OCH3 is 2. The molecule has 5 rings (SSSR count). The monoisotopic (exact) mass is 1980 g/mol. The summed E-state index contributed by atoms with van der Waals surface area (Å²) in [6.07, 6.45) is 5.63. The number of primary amides is 2. The smallest absolute Gasteiger partial charge is 0.312 e. The molecule has 2 aromatic carbocycles. The third kappa shape index (κ3) is 44.0. The van der Waals surface area contributed by atoms with E-state index in [-0.39, 0.29) is 162 Å². The fraction of sp³-hybridized carbons (Fsp3) is 0.701. The molecule has 11 N–H and O–H groups in total. The van der Waals surface area contributed by atoms with Crippen molar-refractivity contribution >= 4 is 106 Å². The number of hydrogen-bond acceptors (Lipinski definition) is 30. The molecule has 2 aliphatic rings. The molecule has 3 aromatic rings. The van der Waals surface area contributed by atoms with Gasteiger partial charge in [-0.3, -0.25) is 72.1 Å². The van der Waals surface area contributed by atoms with Gasteiger partial charge in [0.1, 0.15) is 43.2 Å². The number of carbonyl (C=O) groups is 14. The van der Waals surface area contributed by atoms with Crippen LogP contribution in [0.4, 0.5) is 4.79 Å². The number of likely N-dealkylation sites (tertiary alicyclic amines) is 2. The number of imide groups is 1. The first-order valence-electron chi connectivity index (χ1n) is 48.2. The van der Waals surface area contributed by atoms with E-state index in [9.17, 15) is 67.1 Å². The van der Waals surface area contributed by atoms with Crippen molar-refractivity contribution in [2.75, 3.05) is 166 Å². The average molecular weight is 1980 g/mol. The zero-order valence-corrected chi connectivity index (χ0v) is 84.7. The van der Waals surface area contributed by atoms with Crippen LogP contribution in [0.25, 0.3) is 0 Å². The summed E-state index contributed by atoms with van der Waals surface area (Å²) >= 11 is 2.56. The molecule has 776 valence electrons. The molecule has 0 radical (unpaired) electrons. The van der Waals surface area contributed by atoms with Crippen molar-refractivity contribution in [2.45, 2.75) is 244 Å². The van der Waals surface area contributed by atoms with Crippen molar-refractivity contribution < 1.29 is 124 Å². The van der Waals surface area contributed by atoms with Gasteiger partial charge in [-0.1, -0.05) is 130 Å². The highest BCUT2D eigenvalue weighted by Gasteiger charge is 2.45. The van der Waals surface area contributed by atoms with Gasteiger partial charge in [-0.05, 0) is 91.7 Å². The molecule has 2 unspecified atom stereocenters. The van der Waals surface area contributed by atoms with Crippen LogP contribution in [0.3, 0.4) is 0 Å². The topological polar surface area (TPSA) is 514 Å². The Morgan fingerprint density at radius 3 is 1.74 bits per heavy atom. The lowest BCUT2D eigenvalue weighted by molar-refractivity contribution is -0.148. The Balaban J connectivity index is 0.856. The highest BCUT2D eigenvalue weighted by atomic mass is 32.2. The Hall–Kier alpha value is -9.08. The van der Waals surface area contributed by atoms with Crippen LogP contribution in [0.1, 0.15) is 186 Å². The quantitative estimate of drug-likeness (QED) is 0.0150. The lowest BCUT2D eigenvalue weighted by atomic mass is 9.85. The number of Topliss-reactive ketones (excluding diaryl/α,β-unsaturated/α-hetero) is 2. The number of ketones is 2. The summed E-state index contributed by atoms with van der Waals surface area (Å²) in [4.78, 5) is 201. The van der Waals surface area contributed by atoms with Gasteiger partial charge in [0.25, 0.3) is 0 Å². The molecule has 41 heteroatoms. The predicted octanol–water partition coefficient (Wildman–Crippen LogP) is 5.49. The SMILES string of the molecule is CC[C@H](C)[C@@H]([C@@H](CC(=O)N1CCC[C@H]1[C@H](OC)[C@@H](C)C(=O)C[C@@H](Cc1ccccc1)c1nccs1)OC)N(C)C(=O)[C@@H](NC(=O)[C@H](C(C)C)N(C)C(=O)CCOCCOCCOCCOCCOCCOCCOCCOCCCC(=O)OCc1ccc(CC(=O)[C@H](CCCNC(N)=O)NC(=O)[C@@H](NC(=O)CCCCCN2C(=O)CC(SCC(NC(=O)CON)C(N)=O)C2=O)C(C)C)cc1)C(C)C. The highest BCUT2D eigenvalue weighted by Crippen LogP contribution is 2.34. The van der Waals surface area contributed by atoms with Gasteiger partial charge in [0.05, 0.1) is 153 Å². The summed E-state index contributed by atoms with van der Waals surface area (Å²) in [5.41, 5.74) is 13.1. The molecule has 0 saturated carbocycles. The number of nitrogens with zero attached hydrogens (tertiary/aromatic N) is 5. The number of unbranched alkanes of at least 4 members (excludes halogenated alkanes) is 2. The van der Waals surface area contributed by atoms with Gasteiger partial charge < -0.3 is 105 Å². The molecule has 13 atom stereocenters. The Kier molecular flexibility index (Phi) is 58.3. The summed E-state index contributed by atoms with van der Waals surface area (Å²) in [6.45, 7) is 22.3. The number of amides is 12. The van der Waals surface area contributed by atoms with Crippen LogP contribution in [-0.4, -0.2) is 333 Å². The van der Waals surface area contributed by atoms with Crippen LogP contribution in [-0.2, 0) is 139 Å². The number of hydrogen-bond donors (Lipinski definition) is 8. The fourth-order valence-electron chi connectivity index (χ4n) is 16.4. The minimum atomic E-state index is -1.12. The second kappa shape index (κ2) is 67.3. The molecule has 12 amide bonds. The van der Waals surface area contributed by atoms with Crippen molar-refractivity contribution in [3.8, 4) is 0 Å². The summed E-state index contributed by atoms with van der Waals surface area (Å²) in [5, 5.41) is 15.5. The number of urea groups is 1. The summed E-state index contributed by atoms with van der Waals surface area (Å²) in [6, 6.07) is 10.3. The number of carbonyl (C=O) groups excluding carboxylic acids is 14. The molecule has 3 heterocycles. The number of thioether (sulfide) groups is 1. The number of aromatic nitrogens is 1. The molecule has 0 spiro atoms. The first-order valence-corrected chi connectivity index (χ1v) is 50.1. The van der Waals surface area contributed by atoms with E-state index >= 15 is 0 Å². The molecular formula is C97H155N13O26S2. The molecule has 1 aromatic heterocycles. The molecule has 2 saturated heterocycles. The number of nitrogens with two attached hydrogens (primary N) is 3. The number of ether oxygens (including phenoxy) is 11. The number of benzene rings is 2. The summed E-state index contributed by atoms with van der Waals surface area (Å²) in [5.74, 6) is -2.24. The van der Waals surface area contributed by atoms with Crippen LogP contribution in [0.2, 0.25) is 0 Å². The van der Waals surface area contributed by atoms with Crippen LogP contribution in [0.15, 0.2) is 66.2 Å². The molecule has 2 aliphatic heterocycles. The van der Waals surface area contributed by atoms with Crippen LogP contribution in [0.5, 0.6) is 0 Å². The minimum absolute atomic E-state index is 0.00315. The lowest BCUT2D eigenvalue weighted by Gasteiger charge is -2.41. The van der Waals surface area contributed by atoms with Gasteiger partial charge >= 0.3 is 12.0 Å². The maximum absolute atomic E-state index is 14.8. The van der Waals surface area contributed by atoms with Gasteiger partial charge in [0.2, 0.25) is 59.1 Å². The lowest BCUT2D eigenvalue weighted by Crippen LogP contribution is -2.60. The van der Waals surface area contributed by atoms with Crippen LogP contribution >= 0.6 is 23.1 Å². The van der Waals surface area contributed by atoms with Gasteiger partial charge in [0, 0.05) is 116 Å². The molecule has 39 nitrogen and oxygen atoms in total. The number of esters is 1. The van der Waals surface area contributed by atoms with E-state index in [1.165, 1.54) is 4.90 Å². The van der Waals surface area contributed by atoms with Gasteiger partial charge in [-0.15, -0.1) is 23.1 Å². The average Bonchev–Trinajstić information content (AvgIpc) is 1.11. The van der Waals surface area contributed by atoms with Crippen LogP contribution < -0.4 is 43.9 Å². The second-order valence-corrected chi connectivity index (χ2v) is 37.8. The number of thiazole rings is 1. The molecular weight excluding hydrogens is 1830 g/mol. The maximum atomic E-state index is 14.8. The molecule has 2 fully saturated rings. The summed E-state index contributed by atoms with van der Waals surface area (Å²) < 4.78 is 62.7. The molecule has 138 heavy (non-hydrogen) atoms. The van der Waals surface area contributed by atoms with E-state index in [2.05, 4.69) is 48.5 Å². The zero-order chi connectivity index (χ0) is 101. The molecule has 0 aliphatic carbocycles. The van der Waals surface area contributed by atoms with E-state index in [4.69, 9.17) is 69.5 Å². The van der Waals surface area contributed by atoms with Gasteiger partial charge in [-0.2, -0.15) is 0 Å². The standard InChI is InChI=1S/C97H155N13O26S2/c1-14-67(8)89(78(125-12)59-83(116)109-38-22-27-75(109)90(126-13)68(9)76(111)58-72(94-101-36-55-137-94)56-69-24-17-15-18-25-69)108(11)96(123)87(65(4)5)106-93(121)88(66(6)7)107(10)82(115)34-40-128-42-44-130-46-48-132-50-52-134-54-53-133-51-49-131-47-45-129-43-41-127-39-23-29-85(118)135-61-71-32-30-70(31-33-71)57-77(112)73(26-21-35-102-97(99)124)104-92(120)86(64(2)3)105-80(113)28-19-16-20-37-110-84(117)60-79(95(110)122)138-63-74(91(98)119)103-81(114)62-136-100/h15,17-18,24-25,30-33,36,55,64-68,72-75,78-79,86-90H,14,16,19-23,26-29,34-35,37-54,56-63,100H2,1-13H3,(H2,98,119)(H,103,114)(H,104,120)(H,105,113)(H,106,121)(H3,99,102,124)/t67-,68-,72+,73-,74?,75-,78+,79?,86-,87-,88-,89-,90+/m0/s1. The first-order chi connectivity index (χ1) is 66.2. The van der Waals surface area contributed by atoms with E-state index in [1.54, 1.807) is 88.9 Å². The fourth-order valence-corrected chi connectivity index (χ4v) is 18.3. The number of nitrogens with one attached hydrogen (secondary N) is 5. The van der Waals surface area contributed by atoms with Gasteiger partial charge in [0.15, 0.2) is 5.78 Å². The number of likely N-dealkylation sites (N-methyl/N-ethyl adjacent to an activating group) is 2. The minimum Gasteiger partial charge on any atom is -0.461 e. The van der Waals surface area contributed by atoms with E-state index in [0.29, 0.717) is 155 Å². The molecule has 0 bridgehead atoms. The predicted molar refractivity (Wildman–Crippen MR) is 517 cm³/mol. The largest absolute Gasteiger partial charge is 0.461 e. The number of rotatable bonds is 76. The third-order valence-electron chi connectivity index (χ3n) is 24.2. The maximum Gasteiger partial charge on any atom is 0.312 e. The second-order valence-electron chi connectivity index (χ2n) is 35.7. The van der Waals surface area contributed by atoms with E-state index < -0.39 is 120 Å². The highest BCUT2D eigenvalue weighted by molar-refractivity contribution is 8.00. The Morgan fingerprint density at radius 1 is 0.601 bits per heavy atom. The normalized spacial score (nSPS) is 16.3. The van der Waals surface area contributed by atoms with Crippen molar-refractivity contribution in [1.29, 1.82) is 0 Å². The first kappa shape index (κ1) is 119. The Morgan fingerprint density at radius 2 is 1.20 bits per heavy atom. The van der Waals surface area contributed by atoms with Crippen molar-refractivity contribution in [2.24, 2.45) is 47.0 Å². The van der Waals surface area contributed by atoms with Crippen molar-refractivity contribution in [3.05, 3.63) is 87.9 Å². The van der Waals surface area contributed by atoms with E-state index in [1.807, 2.05) is 76.9 Å². The Labute approximate surface area is 821 Å².